The topological polar surface area (TPSA) is 35.2 Å². The Bertz CT molecular complexity index is 374. The molecule has 0 amide bonds. The summed E-state index contributed by atoms with van der Waals surface area (Å²) in [6, 6.07) is 5.36. The van der Waals surface area contributed by atoms with Gasteiger partial charge in [-0.05, 0) is 43.5 Å². The highest BCUT2D eigenvalue weighted by molar-refractivity contribution is 5.32. The van der Waals surface area contributed by atoms with Crippen LogP contribution in [0.1, 0.15) is 24.0 Å². The Balaban J connectivity index is 2.22. The Morgan fingerprint density at radius 1 is 1.44 bits per heavy atom. The van der Waals surface area contributed by atoms with Crippen molar-refractivity contribution in [1.82, 2.24) is 0 Å². The smallest absolute Gasteiger partial charge is 0.126 e. The van der Waals surface area contributed by atoms with Crippen molar-refractivity contribution < 1.29 is 9.13 Å². The lowest BCUT2D eigenvalue weighted by Gasteiger charge is -2.42. The highest BCUT2D eigenvalue weighted by Crippen LogP contribution is 2.37. The van der Waals surface area contributed by atoms with E-state index in [1.165, 1.54) is 5.56 Å². The van der Waals surface area contributed by atoms with E-state index in [4.69, 9.17) is 10.5 Å². The molecule has 0 unspecified atom stereocenters. The summed E-state index contributed by atoms with van der Waals surface area (Å²) in [4.78, 5) is 0. The van der Waals surface area contributed by atoms with Gasteiger partial charge in [-0.3, -0.25) is 0 Å². The van der Waals surface area contributed by atoms with Crippen LogP contribution in [0.5, 0.6) is 0 Å². The minimum absolute atomic E-state index is 0.0812. The first-order valence-electron chi connectivity index (χ1n) is 5.72. The van der Waals surface area contributed by atoms with E-state index in [0.717, 1.165) is 26.1 Å². The van der Waals surface area contributed by atoms with E-state index in [1.54, 1.807) is 13.0 Å². The molecule has 2 nitrogen and oxygen atoms in total. The minimum atomic E-state index is -0.141. The molecule has 1 aliphatic heterocycles. The highest BCUT2D eigenvalue weighted by atomic mass is 19.1. The molecule has 88 valence electrons. The van der Waals surface area contributed by atoms with Crippen molar-refractivity contribution >= 4 is 0 Å². The van der Waals surface area contributed by atoms with Crippen molar-refractivity contribution in [2.75, 3.05) is 19.8 Å². The first-order valence-corrected chi connectivity index (χ1v) is 5.72. The summed E-state index contributed by atoms with van der Waals surface area (Å²) in [7, 11) is 0. The average molecular weight is 223 g/mol. The van der Waals surface area contributed by atoms with Crippen LogP contribution in [0.2, 0.25) is 0 Å². The van der Waals surface area contributed by atoms with Crippen LogP contribution in [0.4, 0.5) is 4.39 Å². The molecule has 1 heterocycles. The number of hydrogen-bond donors (Lipinski definition) is 1. The van der Waals surface area contributed by atoms with E-state index in [-0.39, 0.29) is 11.2 Å². The second kappa shape index (κ2) is 4.52. The maximum Gasteiger partial charge on any atom is 0.126 e. The Hall–Kier alpha value is -0.930. The van der Waals surface area contributed by atoms with Crippen molar-refractivity contribution in [2.24, 2.45) is 5.73 Å². The summed E-state index contributed by atoms with van der Waals surface area (Å²) >= 11 is 0. The summed E-state index contributed by atoms with van der Waals surface area (Å²) in [6.07, 6.45) is 2.01. The molecule has 3 heteroatoms. The van der Waals surface area contributed by atoms with Crippen molar-refractivity contribution in [3.63, 3.8) is 0 Å². The molecule has 16 heavy (non-hydrogen) atoms. The fourth-order valence-corrected chi connectivity index (χ4v) is 2.22. The van der Waals surface area contributed by atoms with Gasteiger partial charge in [-0.2, -0.15) is 0 Å². The number of hydrogen-bond acceptors (Lipinski definition) is 2. The monoisotopic (exact) mass is 223 g/mol. The van der Waals surface area contributed by atoms with Crippen LogP contribution in [0.15, 0.2) is 18.2 Å². The zero-order valence-electron chi connectivity index (χ0n) is 9.63. The normalized spacial score (nSPS) is 18.2. The lowest BCUT2D eigenvalue weighted by Crippen LogP contribution is -2.47. The third kappa shape index (κ3) is 1.97. The fraction of sp³-hybridized carbons (Fsp3) is 0.538. The summed E-state index contributed by atoms with van der Waals surface area (Å²) in [5.74, 6) is -0.141. The average Bonchev–Trinajstić information content (AvgIpc) is 2.22. The predicted molar refractivity (Wildman–Crippen MR) is 61.9 cm³/mol. The molecule has 1 aliphatic rings. The van der Waals surface area contributed by atoms with E-state index in [2.05, 4.69) is 0 Å². The molecule has 2 N–H and O–H groups in total. The van der Waals surface area contributed by atoms with Gasteiger partial charge in [0.25, 0.3) is 0 Å². The van der Waals surface area contributed by atoms with Gasteiger partial charge in [-0.1, -0.05) is 12.1 Å². The standard InChI is InChI=1S/C13H18FNO/c1-10-7-11(3-4-12(10)14)13(5-2-6-15)8-16-9-13/h3-4,7H,2,5-6,8-9,15H2,1H3. The first kappa shape index (κ1) is 11.6. The molecule has 0 aliphatic carbocycles. The third-order valence-corrected chi connectivity index (χ3v) is 3.39. The molecule has 0 saturated carbocycles. The minimum Gasteiger partial charge on any atom is -0.379 e. The van der Waals surface area contributed by atoms with Gasteiger partial charge in [-0.25, -0.2) is 4.39 Å². The Labute approximate surface area is 95.6 Å². The molecule has 1 aromatic carbocycles. The van der Waals surface area contributed by atoms with Crippen molar-refractivity contribution in [3.8, 4) is 0 Å². The molecular weight excluding hydrogens is 205 g/mol. The van der Waals surface area contributed by atoms with Gasteiger partial charge in [-0.15, -0.1) is 0 Å². The number of ether oxygens (including phenoxy) is 1. The van der Waals surface area contributed by atoms with E-state index in [9.17, 15) is 4.39 Å². The summed E-state index contributed by atoms with van der Waals surface area (Å²) < 4.78 is 18.5. The van der Waals surface area contributed by atoms with Crippen LogP contribution in [0, 0.1) is 12.7 Å². The molecule has 2 rings (SSSR count). The number of nitrogens with two attached hydrogens (primary N) is 1. The fourth-order valence-electron chi connectivity index (χ4n) is 2.22. The lowest BCUT2D eigenvalue weighted by atomic mass is 9.74. The summed E-state index contributed by atoms with van der Waals surface area (Å²) in [6.45, 7) is 3.97. The Morgan fingerprint density at radius 2 is 2.19 bits per heavy atom. The molecule has 0 spiro atoms. The van der Waals surface area contributed by atoms with Crippen LogP contribution in [0.25, 0.3) is 0 Å². The predicted octanol–water partition coefficient (Wildman–Crippen LogP) is 2.14. The van der Waals surface area contributed by atoms with Gasteiger partial charge < -0.3 is 10.5 Å². The van der Waals surface area contributed by atoms with E-state index >= 15 is 0 Å². The maximum absolute atomic E-state index is 13.2. The van der Waals surface area contributed by atoms with Gasteiger partial charge in [0.1, 0.15) is 5.82 Å². The highest BCUT2D eigenvalue weighted by Gasteiger charge is 2.39. The summed E-state index contributed by atoms with van der Waals surface area (Å²) in [5.41, 5.74) is 7.52. The Kier molecular flexibility index (Phi) is 3.26. The molecule has 1 fully saturated rings. The zero-order valence-corrected chi connectivity index (χ0v) is 9.63. The van der Waals surface area contributed by atoms with Crippen LogP contribution >= 0.6 is 0 Å². The van der Waals surface area contributed by atoms with E-state index in [0.29, 0.717) is 12.1 Å². The van der Waals surface area contributed by atoms with Crippen LogP contribution in [-0.4, -0.2) is 19.8 Å². The van der Waals surface area contributed by atoms with Gasteiger partial charge in [0.15, 0.2) is 0 Å². The maximum atomic E-state index is 13.2. The van der Waals surface area contributed by atoms with Crippen LogP contribution in [0.3, 0.4) is 0 Å². The molecule has 0 aromatic heterocycles. The second-order valence-corrected chi connectivity index (χ2v) is 4.63. The van der Waals surface area contributed by atoms with Crippen molar-refractivity contribution in [3.05, 3.63) is 35.1 Å². The lowest BCUT2D eigenvalue weighted by molar-refractivity contribution is -0.0649. The summed E-state index contributed by atoms with van der Waals surface area (Å²) in [5, 5.41) is 0. The quantitative estimate of drug-likeness (QED) is 0.848. The molecule has 1 aromatic rings. The second-order valence-electron chi connectivity index (χ2n) is 4.63. The van der Waals surface area contributed by atoms with Gasteiger partial charge in [0.05, 0.1) is 13.2 Å². The number of halogens is 1. The van der Waals surface area contributed by atoms with Gasteiger partial charge in [0, 0.05) is 5.41 Å². The largest absolute Gasteiger partial charge is 0.379 e. The number of rotatable bonds is 4. The number of benzene rings is 1. The van der Waals surface area contributed by atoms with Gasteiger partial charge >= 0.3 is 0 Å². The van der Waals surface area contributed by atoms with E-state index in [1.807, 2.05) is 12.1 Å². The molecule has 0 atom stereocenters. The van der Waals surface area contributed by atoms with Crippen LogP contribution in [-0.2, 0) is 10.2 Å². The van der Waals surface area contributed by atoms with Gasteiger partial charge in [0.2, 0.25) is 0 Å². The van der Waals surface area contributed by atoms with E-state index < -0.39 is 0 Å². The molecule has 0 radical (unpaired) electrons. The first-order chi connectivity index (χ1) is 7.68. The van der Waals surface area contributed by atoms with Crippen molar-refractivity contribution in [1.29, 1.82) is 0 Å². The molecular formula is C13H18FNO. The molecule has 0 bridgehead atoms. The SMILES string of the molecule is Cc1cc(C2(CCCN)COC2)ccc1F. The zero-order chi connectivity index (χ0) is 11.6. The van der Waals surface area contributed by atoms with Crippen LogP contribution < -0.4 is 5.73 Å². The van der Waals surface area contributed by atoms with Crippen molar-refractivity contribution in [2.45, 2.75) is 25.2 Å². The number of aryl methyl sites for hydroxylation is 1. The Morgan fingerprint density at radius 3 is 2.69 bits per heavy atom. The molecule has 1 saturated heterocycles. The third-order valence-electron chi connectivity index (χ3n) is 3.39.